The van der Waals surface area contributed by atoms with Gasteiger partial charge in [0.2, 0.25) is 5.91 Å². The van der Waals surface area contributed by atoms with E-state index >= 15 is 0 Å². The molecule has 1 unspecified atom stereocenters. The third-order valence-corrected chi connectivity index (χ3v) is 5.87. The number of rotatable bonds is 6. The Labute approximate surface area is 174 Å². The molecule has 1 saturated carbocycles. The van der Waals surface area contributed by atoms with Crippen molar-refractivity contribution in [2.75, 3.05) is 19.6 Å². The fourth-order valence-corrected chi connectivity index (χ4v) is 4.25. The van der Waals surface area contributed by atoms with Crippen LogP contribution >= 0.6 is 12.4 Å². The quantitative estimate of drug-likeness (QED) is 0.676. The van der Waals surface area contributed by atoms with Crippen LogP contribution in [0.3, 0.4) is 0 Å². The van der Waals surface area contributed by atoms with Crippen molar-refractivity contribution in [3.05, 3.63) is 35.4 Å². The molecule has 0 saturated heterocycles. The highest BCUT2D eigenvalue weighted by atomic mass is 35.5. The fraction of sp³-hybridized carbons (Fsp3) is 0.619. The number of urea groups is 1. The van der Waals surface area contributed by atoms with Crippen molar-refractivity contribution in [1.29, 1.82) is 0 Å². The van der Waals surface area contributed by atoms with Crippen LogP contribution < -0.4 is 16.4 Å². The zero-order valence-electron chi connectivity index (χ0n) is 16.5. The van der Waals surface area contributed by atoms with Gasteiger partial charge in [0.15, 0.2) is 0 Å². The van der Waals surface area contributed by atoms with Crippen molar-refractivity contribution in [2.24, 2.45) is 11.7 Å². The number of benzene rings is 1. The summed E-state index contributed by atoms with van der Waals surface area (Å²) in [4.78, 5) is 26.4. The minimum atomic E-state index is -0.0973. The van der Waals surface area contributed by atoms with Crippen molar-refractivity contribution in [2.45, 2.75) is 57.5 Å². The van der Waals surface area contributed by atoms with Gasteiger partial charge in [-0.15, -0.1) is 12.4 Å². The predicted octanol–water partition coefficient (Wildman–Crippen LogP) is 2.59. The Morgan fingerprint density at radius 2 is 1.86 bits per heavy atom. The Balaban J connectivity index is 0.00000280. The van der Waals surface area contributed by atoms with Crippen molar-refractivity contribution >= 4 is 24.3 Å². The largest absolute Gasteiger partial charge is 0.352 e. The van der Waals surface area contributed by atoms with E-state index in [9.17, 15) is 9.59 Å². The van der Waals surface area contributed by atoms with E-state index in [-0.39, 0.29) is 30.4 Å². The third-order valence-electron chi connectivity index (χ3n) is 5.87. The van der Waals surface area contributed by atoms with E-state index < -0.39 is 0 Å². The van der Waals surface area contributed by atoms with Crippen molar-refractivity contribution in [1.82, 2.24) is 15.5 Å². The first kappa shape index (κ1) is 22.5. The molecule has 0 bridgehead atoms. The second-order valence-corrected chi connectivity index (χ2v) is 7.73. The lowest BCUT2D eigenvalue weighted by Gasteiger charge is -2.30. The lowest BCUT2D eigenvalue weighted by molar-refractivity contribution is -0.122. The zero-order valence-corrected chi connectivity index (χ0v) is 17.3. The summed E-state index contributed by atoms with van der Waals surface area (Å²) in [5, 5.41) is 5.95. The molecular formula is C21H33ClN4O2. The van der Waals surface area contributed by atoms with Crippen LogP contribution in [0.25, 0.3) is 0 Å². The second kappa shape index (κ2) is 11.3. The fourth-order valence-electron chi connectivity index (χ4n) is 4.25. The number of hydrogen-bond acceptors (Lipinski definition) is 3. The normalized spacial score (nSPS) is 17.8. The molecule has 28 heavy (non-hydrogen) atoms. The van der Waals surface area contributed by atoms with Gasteiger partial charge in [-0.1, -0.05) is 43.5 Å². The van der Waals surface area contributed by atoms with Crippen LogP contribution in [0.2, 0.25) is 0 Å². The highest BCUT2D eigenvalue weighted by molar-refractivity contribution is 5.85. The number of nitrogens with zero attached hydrogens (tertiary/aromatic N) is 1. The third kappa shape index (κ3) is 6.11. The minimum Gasteiger partial charge on any atom is -0.352 e. The summed E-state index contributed by atoms with van der Waals surface area (Å²) in [6.45, 7) is 2.18. The van der Waals surface area contributed by atoms with Gasteiger partial charge in [-0.25, -0.2) is 4.79 Å². The zero-order chi connectivity index (χ0) is 19.1. The Hall–Kier alpha value is -1.79. The van der Waals surface area contributed by atoms with Gasteiger partial charge in [-0.05, 0) is 36.3 Å². The summed E-state index contributed by atoms with van der Waals surface area (Å²) >= 11 is 0. The summed E-state index contributed by atoms with van der Waals surface area (Å²) in [6, 6.07) is 8.20. The number of carbonyl (C=O) groups excluding carboxylic acids is 2. The molecule has 1 aliphatic heterocycles. The van der Waals surface area contributed by atoms with Crippen LogP contribution in [-0.4, -0.2) is 42.5 Å². The molecule has 1 atom stereocenters. The van der Waals surface area contributed by atoms with E-state index in [1.165, 1.54) is 30.4 Å². The summed E-state index contributed by atoms with van der Waals surface area (Å²) in [5.74, 6) is 0.469. The first-order valence-electron chi connectivity index (χ1n) is 10.3. The monoisotopic (exact) mass is 408 g/mol. The van der Waals surface area contributed by atoms with Crippen LogP contribution in [0.4, 0.5) is 4.79 Å². The van der Waals surface area contributed by atoms with Gasteiger partial charge in [-0.2, -0.15) is 0 Å². The van der Waals surface area contributed by atoms with E-state index in [1.807, 2.05) is 17.0 Å². The number of halogens is 1. The molecule has 0 spiro atoms. The highest BCUT2D eigenvalue weighted by Crippen LogP contribution is 2.26. The highest BCUT2D eigenvalue weighted by Gasteiger charge is 2.24. The van der Waals surface area contributed by atoms with Crippen molar-refractivity contribution in [3.8, 4) is 0 Å². The first-order valence-corrected chi connectivity index (χ1v) is 10.3. The SMILES string of the molecule is Cl.NCC(NC(=O)CCNC(=O)N1CCc2ccccc2C1)C1CCCCC1. The number of fused-ring (bicyclic) bond motifs is 1. The molecule has 1 aliphatic carbocycles. The smallest absolute Gasteiger partial charge is 0.317 e. The molecule has 7 heteroatoms. The molecule has 0 aromatic heterocycles. The molecule has 0 radical (unpaired) electrons. The maximum Gasteiger partial charge on any atom is 0.317 e. The maximum absolute atomic E-state index is 12.4. The van der Waals surface area contributed by atoms with Crippen LogP contribution in [0.15, 0.2) is 24.3 Å². The Morgan fingerprint density at radius 1 is 1.14 bits per heavy atom. The summed E-state index contributed by atoms with van der Waals surface area (Å²) < 4.78 is 0. The first-order chi connectivity index (χ1) is 13.2. The molecule has 1 aromatic carbocycles. The molecule has 3 rings (SSSR count). The van der Waals surface area contributed by atoms with Crippen molar-refractivity contribution in [3.63, 3.8) is 0 Å². The van der Waals surface area contributed by atoms with Crippen LogP contribution in [0.1, 0.15) is 49.7 Å². The topological polar surface area (TPSA) is 87.5 Å². The molecule has 1 aromatic rings. The van der Waals surface area contributed by atoms with Gasteiger partial charge < -0.3 is 21.3 Å². The number of nitrogens with two attached hydrogens (primary N) is 1. The molecule has 1 heterocycles. The molecule has 6 nitrogen and oxygen atoms in total. The van der Waals surface area contributed by atoms with E-state index in [0.29, 0.717) is 38.5 Å². The number of carbonyl (C=O) groups is 2. The number of nitrogens with one attached hydrogen (secondary N) is 2. The van der Waals surface area contributed by atoms with E-state index in [2.05, 4.69) is 22.8 Å². The predicted molar refractivity (Wildman–Crippen MR) is 113 cm³/mol. The summed E-state index contributed by atoms with van der Waals surface area (Å²) in [7, 11) is 0. The van der Waals surface area contributed by atoms with Crippen LogP contribution in [0, 0.1) is 5.92 Å². The van der Waals surface area contributed by atoms with Gasteiger partial charge in [0.05, 0.1) is 0 Å². The number of amides is 3. The standard InChI is InChI=1S/C21H32N4O2.ClH/c22-14-19(17-7-2-1-3-8-17)24-20(26)10-12-23-21(27)25-13-11-16-6-4-5-9-18(16)15-25;/h4-6,9,17,19H,1-3,7-8,10-15,22H2,(H,23,27)(H,24,26);1H. The Bertz CT molecular complexity index is 649. The summed E-state index contributed by atoms with van der Waals surface area (Å²) in [6.07, 6.45) is 7.21. The van der Waals surface area contributed by atoms with Gasteiger partial charge in [0, 0.05) is 38.6 Å². The molecule has 156 valence electrons. The van der Waals surface area contributed by atoms with Gasteiger partial charge in [-0.3, -0.25) is 4.79 Å². The molecule has 4 N–H and O–H groups in total. The van der Waals surface area contributed by atoms with E-state index in [0.717, 1.165) is 19.3 Å². The maximum atomic E-state index is 12.4. The van der Waals surface area contributed by atoms with E-state index in [4.69, 9.17) is 5.73 Å². The Kier molecular flexibility index (Phi) is 9.06. The lowest BCUT2D eigenvalue weighted by Crippen LogP contribution is -2.47. The van der Waals surface area contributed by atoms with E-state index in [1.54, 1.807) is 0 Å². The second-order valence-electron chi connectivity index (χ2n) is 7.73. The average Bonchev–Trinajstić information content (AvgIpc) is 2.72. The van der Waals surface area contributed by atoms with Gasteiger partial charge in [0.25, 0.3) is 0 Å². The molecular weight excluding hydrogens is 376 g/mol. The number of hydrogen-bond donors (Lipinski definition) is 3. The van der Waals surface area contributed by atoms with Crippen LogP contribution in [0.5, 0.6) is 0 Å². The summed E-state index contributed by atoms with van der Waals surface area (Å²) in [5.41, 5.74) is 8.39. The lowest BCUT2D eigenvalue weighted by atomic mass is 9.84. The van der Waals surface area contributed by atoms with Crippen molar-refractivity contribution < 1.29 is 9.59 Å². The van der Waals surface area contributed by atoms with Gasteiger partial charge >= 0.3 is 6.03 Å². The Morgan fingerprint density at radius 3 is 2.57 bits per heavy atom. The van der Waals surface area contributed by atoms with Gasteiger partial charge in [0.1, 0.15) is 0 Å². The molecule has 2 aliphatic rings. The minimum absolute atomic E-state index is 0. The molecule has 3 amide bonds. The molecule has 1 fully saturated rings. The average molecular weight is 409 g/mol. The van der Waals surface area contributed by atoms with Crippen LogP contribution in [-0.2, 0) is 17.8 Å².